The van der Waals surface area contributed by atoms with Gasteiger partial charge < -0.3 is 0 Å². The number of rotatable bonds is 5. The predicted octanol–water partition coefficient (Wildman–Crippen LogP) is 3.74. The van der Waals surface area contributed by atoms with Crippen LogP contribution in [-0.4, -0.2) is 15.4 Å². The summed E-state index contributed by atoms with van der Waals surface area (Å²) in [5.41, 5.74) is 1.77. The minimum atomic E-state index is -1.75. The topological polar surface area (TPSA) is 18.5 Å². The fourth-order valence-corrected chi connectivity index (χ4v) is 7.30. The van der Waals surface area contributed by atoms with Gasteiger partial charge >= 0.3 is 0 Å². The van der Waals surface area contributed by atoms with E-state index in [-0.39, 0.29) is 0 Å². The summed E-state index contributed by atoms with van der Waals surface area (Å²) in [6, 6.07) is 0. The zero-order valence-electron chi connectivity index (χ0n) is 10.0. The second-order valence-corrected chi connectivity index (χ2v) is 9.91. The molecule has 0 atom stereocenters. The first-order chi connectivity index (χ1) is 5.89. The van der Waals surface area contributed by atoms with Gasteiger partial charge in [-0.1, -0.05) is 41.5 Å². The van der Waals surface area contributed by atoms with Crippen molar-refractivity contribution in [2.24, 2.45) is 0 Å². The standard InChI is InChI=1S/C10H24O2Si/c1-8(2)13(9(3)4,10(5)6)12-11-7/h8-10H,1-7H3. The fraction of sp³-hybridized carbons (Fsp3) is 1.00. The summed E-state index contributed by atoms with van der Waals surface area (Å²) in [6.07, 6.45) is 0. The second kappa shape index (κ2) is 5.13. The lowest BCUT2D eigenvalue weighted by atomic mass is 10.5. The third-order valence-corrected chi connectivity index (χ3v) is 8.80. The maximum atomic E-state index is 5.65. The van der Waals surface area contributed by atoms with Crippen molar-refractivity contribution in [2.45, 2.75) is 58.2 Å². The molecule has 0 fully saturated rings. The largest absolute Gasteiger partial charge is 0.286 e. The van der Waals surface area contributed by atoms with Gasteiger partial charge in [-0.05, 0) is 16.6 Å². The summed E-state index contributed by atoms with van der Waals surface area (Å²) in [4.78, 5) is 4.95. The Hall–Kier alpha value is 0.137. The van der Waals surface area contributed by atoms with E-state index in [1.54, 1.807) is 7.11 Å². The maximum absolute atomic E-state index is 5.65. The molecule has 0 spiro atoms. The van der Waals surface area contributed by atoms with Gasteiger partial charge in [-0.3, -0.25) is 9.46 Å². The van der Waals surface area contributed by atoms with Crippen LogP contribution in [0.2, 0.25) is 16.6 Å². The van der Waals surface area contributed by atoms with E-state index < -0.39 is 8.32 Å². The zero-order valence-corrected chi connectivity index (χ0v) is 11.0. The van der Waals surface area contributed by atoms with E-state index >= 15 is 0 Å². The van der Waals surface area contributed by atoms with Crippen LogP contribution in [0, 0.1) is 0 Å². The van der Waals surface area contributed by atoms with Crippen LogP contribution in [0.15, 0.2) is 0 Å². The molecule has 0 saturated carbocycles. The quantitative estimate of drug-likeness (QED) is 0.386. The van der Waals surface area contributed by atoms with Crippen molar-refractivity contribution >= 4 is 8.32 Å². The molecule has 2 nitrogen and oxygen atoms in total. The molecule has 0 N–H and O–H groups in total. The summed E-state index contributed by atoms with van der Waals surface area (Å²) in [5.74, 6) is 0. The molecular formula is C10H24O2Si. The molecule has 0 aliphatic heterocycles. The molecule has 3 heteroatoms. The smallest absolute Gasteiger partial charge is 0.246 e. The summed E-state index contributed by atoms with van der Waals surface area (Å²) in [6.45, 7) is 13.4. The molecule has 0 aliphatic rings. The zero-order chi connectivity index (χ0) is 10.6. The minimum Gasteiger partial charge on any atom is -0.286 e. The van der Waals surface area contributed by atoms with Gasteiger partial charge in [-0.25, -0.2) is 0 Å². The maximum Gasteiger partial charge on any atom is 0.246 e. The van der Waals surface area contributed by atoms with Crippen LogP contribution in [0.4, 0.5) is 0 Å². The van der Waals surface area contributed by atoms with Gasteiger partial charge in [0, 0.05) is 0 Å². The highest BCUT2D eigenvalue weighted by Crippen LogP contribution is 2.42. The van der Waals surface area contributed by atoms with Crippen LogP contribution < -0.4 is 0 Å². The third kappa shape index (κ3) is 2.54. The molecule has 0 bridgehead atoms. The van der Waals surface area contributed by atoms with Gasteiger partial charge in [0.05, 0.1) is 7.11 Å². The summed E-state index contributed by atoms with van der Waals surface area (Å²) < 4.78 is 5.65. The predicted molar refractivity (Wildman–Crippen MR) is 59.1 cm³/mol. The molecule has 0 rings (SSSR count). The Morgan fingerprint density at radius 2 is 1.08 bits per heavy atom. The van der Waals surface area contributed by atoms with Crippen LogP contribution in [0.25, 0.3) is 0 Å². The van der Waals surface area contributed by atoms with Gasteiger partial charge in [0.2, 0.25) is 8.32 Å². The summed E-state index contributed by atoms with van der Waals surface area (Å²) >= 11 is 0. The van der Waals surface area contributed by atoms with Crippen LogP contribution in [-0.2, 0) is 9.46 Å². The average Bonchev–Trinajstić information content (AvgIpc) is 1.97. The van der Waals surface area contributed by atoms with Crippen molar-refractivity contribution in [2.75, 3.05) is 7.11 Å². The van der Waals surface area contributed by atoms with Crippen LogP contribution in [0.1, 0.15) is 41.5 Å². The van der Waals surface area contributed by atoms with E-state index in [4.69, 9.17) is 9.46 Å². The van der Waals surface area contributed by atoms with E-state index in [0.717, 1.165) is 0 Å². The molecular weight excluding hydrogens is 180 g/mol. The molecule has 0 saturated heterocycles. The highest BCUT2D eigenvalue weighted by atomic mass is 28.4. The molecule has 0 aromatic carbocycles. The van der Waals surface area contributed by atoms with Crippen LogP contribution in [0.3, 0.4) is 0 Å². The Labute approximate surface area is 83.7 Å². The Kier molecular flexibility index (Phi) is 5.18. The first-order valence-corrected chi connectivity index (χ1v) is 7.25. The van der Waals surface area contributed by atoms with E-state index in [1.807, 2.05) is 0 Å². The third-order valence-electron chi connectivity index (χ3n) is 2.93. The van der Waals surface area contributed by atoms with E-state index in [2.05, 4.69) is 41.5 Å². The minimum absolute atomic E-state index is 0.590. The Morgan fingerprint density at radius 1 is 0.769 bits per heavy atom. The second-order valence-electron chi connectivity index (χ2n) is 4.57. The first-order valence-electron chi connectivity index (χ1n) is 5.11. The molecule has 0 aromatic heterocycles. The van der Waals surface area contributed by atoms with Gasteiger partial charge in [-0.15, -0.1) is 0 Å². The Balaban J connectivity index is 4.82. The average molecular weight is 204 g/mol. The lowest BCUT2D eigenvalue weighted by Gasteiger charge is -2.39. The summed E-state index contributed by atoms with van der Waals surface area (Å²) in [5, 5.41) is 0. The molecule has 0 radical (unpaired) electrons. The van der Waals surface area contributed by atoms with Crippen molar-refractivity contribution < 1.29 is 9.46 Å². The Bertz CT molecular complexity index is 122. The van der Waals surface area contributed by atoms with Gasteiger partial charge in [-0.2, -0.15) is 0 Å². The van der Waals surface area contributed by atoms with Gasteiger partial charge in [0.1, 0.15) is 0 Å². The number of hydrogen-bond donors (Lipinski definition) is 0. The van der Waals surface area contributed by atoms with Gasteiger partial charge in [0.15, 0.2) is 0 Å². The molecule has 0 heterocycles. The summed E-state index contributed by atoms with van der Waals surface area (Å²) in [7, 11) is -0.130. The molecule has 0 aromatic rings. The normalized spacial score (nSPS) is 13.4. The van der Waals surface area contributed by atoms with Gasteiger partial charge in [0.25, 0.3) is 0 Å². The molecule has 0 amide bonds. The van der Waals surface area contributed by atoms with Crippen LogP contribution >= 0.6 is 0 Å². The lowest BCUT2D eigenvalue weighted by Crippen LogP contribution is -2.47. The van der Waals surface area contributed by atoms with E-state index in [9.17, 15) is 0 Å². The molecule has 0 unspecified atom stereocenters. The van der Waals surface area contributed by atoms with E-state index in [1.165, 1.54) is 0 Å². The Morgan fingerprint density at radius 3 is 1.15 bits per heavy atom. The van der Waals surface area contributed by atoms with Crippen molar-refractivity contribution in [3.63, 3.8) is 0 Å². The highest BCUT2D eigenvalue weighted by molar-refractivity contribution is 6.77. The fourth-order valence-electron chi connectivity index (χ4n) is 2.43. The SMILES string of the molecule is COO[Si](C(C)C)(C(C)C)C(C)C. The van der Waals surface area contributed by atoms with Crippen molar-refractivity contribution in [3.8, 4) is 0 Å². The van der Waals surface area contributed by atoms with Crippen LogP contribution in [0.5, 0.6) is 0 Å². The lowest BCUT2D eigenvalue weighted by molar-refractivity contribution is -0.196. The highest BCUT2D eigenvalue weighted by Gasteiger charge is 2.46. The van der Waals surface area contributed by atoms with Crippen molar-refractivity contribution in [3.05, 3.63) is 0 Å². The molecule has 80 valence electrons. The first kappa shape index (κ1) is 13.1. The monoisotopic (exact) mass is 204 g/mol. The van der Waals surface area contributed by atoms with E-state index in [0.29, 0.717) is 16.6 Å². The van der Waals surface area contributed by atoms with Crippen molar-refractivity contribution in [1.82, 2.24) is 0 Å². The van der Waals surface area contributed by atoms with Crippen molar-refractivity contribution in [1.29, 1.82) is 0 Å². The molecule has 13 heavy (non-hydrogen) atoms. The molecule has 0 aliphatic carbocycles. The number of hydrogen-bond acceptors (Lipinski definition) is 2.